The third-order valence-electron chi connectivity index (χ3n) is 4.44. The lowest BCUT2D eigenvalue weighted by atomic mass is 9.92. The smallest absolute Gasteiger partial charge is 0.206 e. The number of anilines is 1. The molecule has 26 heavy (non-hydrogen) atoms. The first-order valence-electron chi connectivity index (χ1n) is 8.45. The Morgan fingerprint density at radius 2 is 1.69 bits per heavy atom. The Kier molecular flexibility index (Phi) is 4.31. The lowest BCUT2D eigenvalue weighted by molar-refractivity contribution is 0.468. The maximum atomic E-state index is 10.7. The molecule has 2 N–H and O–H groups in total. The van der Waals surface area contributed by atoms with E-state index in [1.54, 1.807) is 6.07 Å². The van der Waals surface area contributed by atoms with Crippen molar-refractivity contribution in [1.82, 2.24) is 10.2 Å². The third kappa shape index (κ3) is 3.13. The molecule has 0 bridgehead atoms. The van der Waals surface area contributed by atoms with Gasteiger partial charge in [-0.25, -0.2) is 0 Å². The molecular weight excluding hydrogens is 342 g/mol. The number of nitrogens with one attached hydrogen (secondary N) is 1. The van der Waals surface area contributed by atoms with Gasteiger partial charge in [-0.15, -0.1) is 10.2 Å². The molecule has 0 saturated carbocycles. The molecule has 3 aromatic carbocycles. The largest absolute Gasteiger partial charge is 0.508 e. The summed E-state index contributed by atoms with van der Waals surface area (Å²) < 4.78 is 0. The molecule has 1 atom stereocenters. The van der Waals surface area contributed by atoms with Crippen LogP contribution in [-0.2, 0) is 0 Å². The lowest BCUT2D eigenvalue weighted by Gasteiger charge is -2.22. The second kappa shape index (κ2) is 6.77. The van der Waals surface area contributed by atoms with Gasteiger partial charge in [-0.2, -0.15) is 0 Å². The van der Waals surface area contributed by atoms with Crippen LogP contribution in [0.4, 0.5) is 5.13 Å². The zero-order chi connectivity index (χ0) is 18.1. The van der Waals surface area contributed by atoms with Crippen molar-refractivity contribution in [2.45, 2.75) is 19.9 Å². The third-order valence-corrected chi connectivity index (χ3v) is 5.21. The number of aromatic hydroxyl groups is 1. The summed E-state index contributed by atoms with van der Waals surface area (Å²) in [4.78, 5) is 0. The molecule has 4 rings (SSSR count). The molecule has 1 heterocycles. The van der Waals surface area contributed by atoms with Gasteiger partial charge in [-0.3, -0.25) is 0 Å². The van der Waals surface area contributed by atoms with Crippen LogP contribution in [0.2, 0.25) is 0 Å². The molecule has 0 aliphatic heterocycles. The van der Waals surface area contributed by atoms with Crippen molar-refractivity contribution < 1.29 is 5.11 Å². The van der Waals surface area contributed by atoms with E-state index in [1.165, 1.54) is 16.9 Å². The zero-order valence-electron chi connectivity index (χ0n) is 14.6. The van der Waals surface area contributed by atoms with Gasteiger partial charge in [0.15, 0.2) is 0 Å². The van der Waals surface area contributed by atoms with Gasteiger partial charge in [0.25, 0.3) is 0 Å². The molecule has 0 amide bonds. The Morgan fingerprint density at radius 3 is 2.42 bits per heavy atom. The minimum absolute atomic E-state index is 0.228. The minimum atomic E-state index is -0.228. The number of phenols is 1. The van der Waals surface area contributed by atoms with Crippen molar-refractivity contribution in [1.29, 1.82) is 0 Å². The summed E-state index contributed by atoms with van der Waals surface area (Å²) in [5, 5.41) is 26.2. The molecule has 0 spiro atoms. The normalized spacial score (nSPS) is 12.2. The molecule has 0 aliphatic carbocycles. The van der Waals surface area contributed by atoms with E-state index in [-0.39, 0.29) is 11.8 Å². The topological polar surface area (TPSA) is 58.0 Å². The van der Waals surface area contributed by atoms with E-state index < -0.39 is 0 Å². The Hall–Kier alpha value is -2.92. The van der Waals surface area contributed by atoms with E-state index in [1.807, 2.05) is 31.2 Å². The number of hydrogen-bond acceptors (Lipinski definition) is 5. The average molecular weight is 361 g/mol. The Labute approximate surface area is 156 Å². The summed E-state index contributed by atoms with van der Waals surface area (Å²) in [6.07, 6.45) is 0. The van der Waals surface area contributed by atoms with Crippen molar-refractivity contribution in [3.8, 4) is 5.75 Å². The molecule has 130 valence electrons. The molecule has 0 fully saturated rings. The van der Waals surface area contributed by atoms with Crippen LogP contribution >= 0.6 is 11.3 Å². The van der Waals surface area contributed by atoms with Crippen LogP contribution in [0.25, 0.3) is 10.8 Å². The fourth-order valence-electron chi connectivity index (χ4n) is 3.15. The highest BCUT2D eigenvalue weighted by Gasteiger charge is 2.21. The van der Waals surface area contributed by atoms with Gasteiger partial charge in [0.1, 0.15) is 10.8 Å². The van der Waals surface area contributed by atoms with Crippen molar-refractivity contribution in [2.75, 3.05) is 5.32 Å². The highest BCUT2D eigenvalue weighted by Crippen LogP contribution is 2.38. The standard InChI is InChI=1S/C21H19N3OS/c1-13-7-9-16(10-8-13)20(22-21-24-23-14(2)26-21)19-17-6-4-3-5-15(17)11-12-18(19)25/h3-12,20,25H,1-2H3,(H,22,24). The second-order valence-corrected chi connectivity index (χ2v) is 7.52. The van der Waals surface area contributed by atoms with E-state index in [0.717, 1.165) is 32.0 Å². The van der Waals surface area contributed by atoms with Crippen molar-refractivity contribution in [2.24, 2.45) is 0 Å². The van der Waals surface area contributed by atoms with Gasteiger partial charge in [0, 0.05) is 5.56 Å². The summed E-state index contributed by atoms with van der Waals surface area (Å²) in [7, 11) is 0. The summed E-state index contributed by atoms with van der Waals surface area (Å²) in [6.45, 7) is 3.99. The van der Waals surface area contributed by atoms with E-state index in [0.29, 0.717) is 0 Å². The first-order chi connectivity index (χ1) is 12.6. The highest BCUT2D eigenvalue weighted by molar-refractivity contribution is 7.15. The lowest BCUT2D eigenvalue weighted by Crippen LogP contribution is -2.13. The van der Waals surface area contributed by atoms with Gasteiger partial charge in [-0.05, 0) is 36.2 Å². The molecule has 0 radical (unpaired) electrons. The molecule has 4 nitrogen and oxygen atoms in total. The van der Waals surface area contributed by atoms with Crippen molar-refractivity contribution in [3.63, 3.8) is 0 Å². The quantitative estimate of drug-likeness (QED) is 0.523. The summed E-state index contributed by atoms with van der Waals surface area (Å²) in [6, 6.07) is 19.9. The predicted octanol–water partition coefficient (Wildman–Crippen LogP) is 5.22. The molecule has 0 saturated heterocycles. The number of aryl methyl sites for hydroxylation is 2. The SMILES string of the molecule is Cc1ccc(C(Nc2nnc(C)s2)c2c(O)ccc3ccccc23)cc1. The van der Waals surface area contributed by atoms with Crippen molar-refractivity contribution in [3.05, 3.63) is 82.4 Å². The average Bonchev–Trinajstić information content (AvgIpc) is 3.06. The molecule has 5 heteroatoms. The van der Waals surface area contributed by atoms with Gasteiger partial charge < -0.3 is 10.4 Å². The van der Waals surface area contributed by atoms with Gasteiger partial charge >= 0.3 is 0 Å². The minimum Gasteiger partial charge on any atom is -0.508 e. The van der Waals surface area contributed by atoms with E-state index >= 15 is 0 Å². The van der Waals surface area contributed by atoms with Crippen LogP contribution < -0.4 is 5.32 Å². The Balaban J connectivity index is 1.90. The summed E-state index contributed by atoms with van der Waals surface area (Å²) in [5.74, 6) is 0.267. The van der Waals surface area contributed by atoms with E-state index in [2.05, 4.69) is 52.8 Å². The predicted molar refractivity (Wildman–Crippen MR) is 107 cm³/mol. The highest BCUT2D eigenvalue weighted by atomic mass is 32.1. The summed E-state index contributed by atoms with van der Waals surface area (Å²) in [5.41, 5.74) is 3.11. The first-order valence-corrected chi connectivity index (χ1v) is 9.27. The van der Waals surface area contributed by atoms with Gasteiger partial charge in [0.2, 0.25) is 5.13 Å². The number of rotatable bonds is 4. The molecule has 1 aromatic heterocycles. The number of fused-ring (bicyclic) bond motifs is 1. The molecule has 0 aliphatic rings. The van der Waals surface area contributed by atoms with Crippen LogP contribution in [0.15, 0.2) is 60.7 Å². The Morgan fingerprint density at radius 1 is 0.923 bits per heavy atom. The number of nitrogens with zero attached hydrogens (tertiary/aromatic N) is 2. The molecule has 1 unspecified atom stereocenters. The van der Waals surface area contributed by atoms with Crippen LogP contribution in [0.3, 0.4) is 0 Å². The van der Waals surface area contributed by atoms with Crippen LogP contribution in [-0.4, -0.2) is 15.3 Å². The number of benzene rings is 3. The maximum absolute atomic E-state index is 10.7. The molecule has 4 aromatic rings. The first kappa shape index (κ1) is 16.5. The van der Waals surface area contributed by atoms with E-state index in [4.69, 9.17) is 0 Å². The number of phenolic OH excluding ortho intramolecular Hbond substituents is 1. The summed E-state index contributed by atoms with van der Waals surface area (Å²) >= 11 is 1.50. The van der Waals surface area contributed by atoms with E-state index in [9.17, 15) is 5.11 Å². The Bertz CT molecular complexity index is 1060. The second-order valence-electron chi connectivity index (χ2n) is 6.33. The van der Waals surface area contributed by atoms with Gasteiger partial charge in [-0.1, -0.05) is 71.5 Å². The van der Waals surface area contributed by atoms with Crippen molar-refractivity contribution >= 4 is 27.2 Å². The molecular formula is C21H19N3OS. The number of hydrogen-bond donors (Lipinski definition) is 2. The fourth-order valence-corrected chi connectivity index (χ4v) is 3.77. The van der Waals surface area contributed by atoms with Crippen LogP contribution in [0.5, 0.6) is 5.75 Å². The number of aromatic nitrogens is 2. The monoisotopic (exact) mass is 361 g/mol. The van der Waals surface area contributed by atoms with Crippen LogP contribution in [0, 0.1) is 13.8 Å². The van der Waals surface area contributed by atoms with Crippen LogP contribution in [0.1, 0.15) is 27.7 Å². The maximum Gasteiger partial charge on any atom is 0.206 e. The fraction of sp³-hybridized carbons (Fsp3) is 0.143. The zero-order valence-corrected chi connectivity index (χ0v) is 15.4. The van der Waals surface area contributed by atoms with Gasteiger partial charge in [0.05, 0.1) is 6.04 Å².